The molecular weight excluding hydrogens is 360 g/mol. The molecule has 27 heavy (non-hydrogen) atoms. The van der Waals surface area contributed by atoms with Crippen LogP contribution in [0.5, 0.6) is 0 Å². The second-order valence-electron chi connectivity index (χ2n) is 6.72. The Morgan fingerprint density at radius 2 is 2.15 bits per heavy atom. The van der Waals surface area contributed by atoms with E-state index in [0.717, 1.165) is 47.1 Å². The normalized spacial score (nSPS) is 17.4. The molecule has 0 spiro atoms. The number of aromatic nitrogens is 4. The minimum atomic E-state index is -0.314. The van der Waals surface area contributed by atoms with Crippen LogP contribution >= 0.6 is 11.3 Å². The summed E-state index contributed by atoms with van der Waals surface area (Å²) in [6.45, 7) is 2.78. The average Bonchev–Trinajstić information content (AvgIpc) is 3.30. The number of rotatable bonds is 3. The summed E-state index contributed by atoms with van der Waals surface area (Å²) in [4.78, 5) is 21.7. The Hall–Kier alpha value is -3.00. The molecule has 8 heteroatoms. The number of para-hydroxylation sites is 1. The molecule has 0 radical (unpaired) electrons. The minimum Gasteiger partial charge on any atom is -0.354 e. The Morgan fingerprint density at radius 3 is 2.96 bits per heavy atom. The molecule has 136 valence electrons. The van der Waals surface area contributed by atoms with Crippen LogP contribution in [0.15, 0.2) is 35.0 Å². The molecule has 1 amide bonds. The molecule has 0 saturated carbocycles. The van der Waals surface area contributed by atoms with E-state index in [2.05, 4.69) is 28.3 Å². The van der Waals surface area contributed by atoms with Gasteiger partial charge in [-0.2, -0.15) is 15.9 Å². The highest BCUT2D eigenvalue weighted by Gasteiger charge is 2.24. The number of hydrogen-bond donors (Lipinski definition) is 2. The van der Waals surface area contributed by atoms with Crippen LogP contribution in [0.25, 0.3) is 27.9 Å². The summed E-state index contributed by atoms with van der Waals surface area (Å²) in [7, 11) is 0. The molecule has 1 aliphatic rings. The van der Waals surface area contributed by atoms with E-state index in [-0.39, 0.29) is 11.9 Å². The van der Waals surface area contributed by atoms with E-state index >= 15 is 0 Å². The molecule has 1 atom stereocenters. The third-order valence-electron chi connectivity index (χ3n) is 4.86. The first-order chi connectivity index (χ1) is 13.2. The lowest BCUT2D eigenvalue weighted by Gasteiger charge is -2.23. The Bertz CT molecular complexity index is 1160. The van der Waals surface area contributed by atoms with Crippen molar-refractivity contribution in [2.24, 2.45) is 0 Å². The maximum absolute atomic E-state index is 12.2. The van der Waals surface area contributed by atoms with Gasteiger partial charge in [0.25, 0.3) is 0 Å². The fraction of sp³-hybridized carbons (Fsp3) is 0.263. The molecule has 3 aromatic heterocycles. The lowest BCUT2D eigenvalue weighted by atomic mass is 10.1. The molecule has 4 heterocycles. The van der Waals surface area contributed by atoms with Crippen LogP contribution in [0.3, 0.4) is 0 Å². The highest BCUT2D eigenvalue weighted by molar-refractivity contribution is 7.08. The fourth-order valence-corrected chi connectivity index (χ4v) is 4.25. The van der Waals surface area contributed by atoms with Gasteiger partial charge in [-0.3, -0.25) is 4.79 Å². The summed E-state index contributed by atoms with van der Waals surface area (Å²) in [5.41, 5.74) is 3.73. The van der Waals surface area contributed by atoms with Gasteiger partial charge in [0.05, 0.1) is 5.52 Å². The molecule has 0 aliphatic carbocycles. The zero-order chi connectivity index (χ0) is 18.4. The SMILES string of the molecule is Cc1cscc1-c1nc2c3ccccc3nc(N[C@@H]3CCCNC3=O)n2n1. The smallest absolute Gasteiger partial charge is 0.242 e. The van der Waals surface area contributed by atoms with Gasteiger partial charge in [-0.05, 0) is 42.8 Å². The van der Waals surface area contributed by atoms with E-state index in [1.165, 1.54) is 0 Å². The van der Waals surface area contributed by atoms with Crippen molar-refractivity contribution in [2.75, 3.05) is 11.9 Å². The van der Waals surface area contributed by atoms with E-state index < -0.39 is 0 Å². The molecule has 7 nitrogen and oxygen atoms in total. The van der Waals surface area contributed by atoms with E-state index in [1.54, 1.807) is 15.9 Å². The third kappa shape index (κ3) is 2.73. The van der Waals surface area contributed by atoms with Gasteiger partial charge in [0.1, 0.15) is 6.04 Å². The molecule has 1 aromatic carbocycles. The highest BCUT2D eigenvalue weighted by Crippen LogP contribution is 2.28. The topological polar surface area (TPSA) is 84.2 Å². The Morgan fingerprint density at radius 1 is 1.26 bits per heavy atom. The molecule has 1 fully saturated rings. The minimum absolute atomic E-state index is 0.00150. The largest absolute Gasteiger partial charge is 0.354 e. The van der Waals surface area contributed by atoms with Crippen molar-refractivity contribution in [1.29, 1.82) is 0 Å². The number of amides is 1. The van der Waals surface area contributed by atoms with Crippen LogP contribution in [0.4, 0.5) is 5.95 Å². The summed E-state index contributed by atoms with van der Waals surface area (Å²) >= 11 is 1.63. The summed E-state index contributed by atoms with van der Waals surface area (Å²) in [5, 5.41) is 16.0. The zero-order valence-corrected chi connectivity index (χ0v) is 15.6. The Labute approximate surface area is 159 Å². The number of carbonyl (C=O) groups is 1. The van der Waals surface area contributed by atoms with Gasteiger partial charge in [0.2, 0.25) is 11.9 Å². The fourth-order valence-electron chi connectivity index (χ4n) is 3.42. The number of fused-ring (bicyclic) bond motifs is 3. The quantitative estimate of drug-likeness (QED) is 0.572. The zero-order valence-electron chi connectivity index (χ0n) is 14.8. The second kappa shape index (κ2) is 6.31. The summed E-state index contributed by atoms with van der Waals surface area (Å²) in [5.74, 6) is 1.21. The van der Waals surface area contributed by atoms with Crippen molar-refractivity contribution in [3.05, 3.63) is 40.6 Å². The predicted octanol–water partition coefficient (Wildman–Crippen LogP) is 3.00. The first kappa shape index (κ1) is 16.2. The number of anilines is 1. The highest BCUT2D eigenvalue weighted by atomic mass is 32.1. The molecule has 2 N–H and O–H groups in total. The second-order valence-corrected chi connectivity index (χ2v) is 7.47. The molecule has 5 rings (SSSR count). The van der Waals surface area contributed by atoms with E-state index in [1.807, 2.05) is 24.3 Å². The van der Waals surface area contributed by atoms with Crippen molar-refractivity contribution in [3.8, 4) is 11.4 Å². The van der Waals surface area contributed by atoms with Crippen molar-refractivity contribution >= 4 is 39.7 Å². The summed E-state index contributed by atoms with van der Waals surface area (Å²) in [6.07, 6.45) is 1.71. The van der Waals surface area contributed by atoms with Crippen LogP contribution in [0.2, 0.25) is 0 Å². The van der Waals surface area contributed by atoms with Crippen LogP contribution in [0.1, 0.15) is 18.4 Å². The van der Waals surface area contributed by atoms with Crippen molar-refractivity contribution in [2.45, 2.75) is 25.8 Å². The number of carbonyl (C=O) groups excluding carboxylic acids is 1. The maximum atomic E-state index is 12.2. The van der Waals surface area contributed by atoms with Crippen LogP contribution < -0.4 is 10.6 Å². The van der Waals surface area contributed by atoms with Crippen molar-refractivity contribution in [1.82, 2.24) is 24.9 Å². The maximum Gasteiger partial charge on any atom is 0.242 e. The van der Waals surface area contributed by atoms with Gasteiger partial charge >= 0.3 is 0 Å². The molecule has 1 aliphatic heterocycles. The number of hydrogen-bond acceptors (Lipinski definition) is 6. The van der Waals surface area contributed by atoms with E-state index in [0.29, 0.717) is 11.8 Å². The predicted molar refractivity (Wildman–Crippen MR) is 106 cm³/mol. The number of aryl methyl sites for hydroxylation is 1. The Kier molecular flexibility index (Phi) is 3.78. The van der Waals surface area contributed by atoms with Crippen molar-refractivity contribution < 1.29 is 4.79 Å². The lowest BCUT2D eigenvalue weighted by molar-refractivity contribution is -0.123. The molecule has 0 unspecified atom stereocenters. The number of thiophene rings is 1. The monoisotopic (exact) mass is 378 g/mol. The van der Waals surface area contributed by atoms with Crippen molar-refractivity contribution in [3.63, 3.8) is 0 Å². The van der Waals surface area contributed by atoms with Gasteiger partial charge in [-0.15, -0.1) is 5.10 Å². The number of piperidine rings is 1. The number of nitrogens with zero attached hydrogens (tertiary/aromatic N) is 4. The van der Waals surface area contributed by atoms with Crippen LogP contribution in [-0.2, 0) is 4.79 Å². The van der Waals surface area contributed by atoms with Gasteiger partial charge in [-0.1, -0.05) is 12.1 Å². The lowest BCUT2D eigenvalue weighted by Crippen LogP contribution is -2.44. The molecule has 0 bridgehead atoms. The van der Waals surface area contributed by atoms with Crippen LogP contribution in [-0.4, -0.2) is 38.1 Å². The first-order valence-corrected chi connectivity index (χ1v) is 9.88. The van der Waals surface area contributed by atoms with Gasteiger partial charge in [0.15, 0.2) is 11.5 Å². The number of nitrogens with one attached hydrogen (secondary N) is 2. The van der Waals surface area contributed by atoms with Gasteiger partial charge in [-0.25, -0.2) is 9.97 Å². The summed E-state index contributed by atoms with van der Waals surface area (Å²) in [6, 6.07) is 7.55. The third-order valence-corrected chi connectivity index (χ3v) is 5.73. The van der Waals surface area contributed by atoms with E-state index in [9.17, 15) is 4.79 Å². The summed E-state index contributed by atoms with van der Waals surface area (Å²) < 4.78 is 1.72. The van der Waals surface area contributed by atoms with Crippen LogP contribution in [0, 0.1) is 6.92 Å². The molecular formula is C19H18N6OS. The first-order valence-electron chi connectivity index (χ1n) is 8.93. The molecule has 4 aromatic rings. The molecule has 1 saturated heterocycles. The van der Waals surface area contributed by atoms with Gasteiger partial charge < -0.3 is 10.6 Å². The Balaban J connectivity index is 1.69. The standard InChI is InChI=1S/C19H18N6OS/c1-11-9-27-10-13(11)16-23-17-12-5-2-3-6-14(12)21-19(25(17)24-16)22-15-7-4-8-20-18(15)26/h2-3,5-6,9-10,15H,4,7-8H2,1H3,(H,20,26)(H,21,22)/t15-/m1/s1. The van der Waals surface area contributed by atoms with Gasteiger partial charge in [0, 0.05) is 22.9 Å². The average molecular weight is 378 g/mol. The number of benzene rings is 1. The van der Waals surface area contributed by atoms with E-state index in [4.69, 9.17) is 15.1 Å².